The summed E-state index contributed by atoms with van der Waals surface area (Å²) in [5.74, 6) is 51.6. The molecule has 5 atom stereocenters. The molecule has 3 aromatic carbocycles. The van der Waals surface area contributed by atoms with Gasteiger partial charge in [-0.15, -0.1) is 0 Å². The molecule has 0 bridgehead atoms. The van der Waals surface area contributed by atoms with Crippen molar-refractivity contribution in [1.29, 1.82) is 0 Å². The number of methoxy groups -OCH3 is 2. The highest BCUT2D eigenvalue weighted by molar-refractivity contribution is 7.44. The fourth-order valence-electron chi connectivity index (χ4n) is 8.06. The highest BCUT2D eigenvalue weighted by atomic mass is 31.2. The SMILES string of the molecule is [B][C@@H]1O[C@H](COC(c2ccccc2)(c2ccc(OC)cc2)c2ccc(OC)cc2)C(OP(OCC[N+]#[C-])N(C(C)C)C(C)C)[C@@H]1CCCCCCCNC(=O)C#CC#CC#CC#CC#CC#CC#CC#CC#CC#CC. The molecule has 1 heterocycles. The van der Waals surface area contributed by atoms with Crippen LogP contribution in [0.1, 0.15) is 89.8 Å². The molecule has 10 nitrogen and oxygen atoms in total. The molecule has 0 saturated carbocycles. The van der Waals surface area contributed by atoms with Crippen molar-refractivity contribution in [2.45, 2.75) is 109 Å². The number of carbonyl (C=O) groups is 1. The molecule has 0 spiro atoms. The van der Waals surface area contributed by atoms with Gasteiger partial charge in [-0.1, -0.05) is 86.2 Å². The largest absolute Gasteiger partial charge is 0.497 e. The third-order valence-corrected chi connectivity index (χ3v) is 13.5. The van der Waals surface area contributed by atoms with Gasteiger partial charge in [0.25, 0.3) is 14.4 Å². The van der Waals surface area contributed by atoms with E-state index in [2.05, 4.69) is 173 Å². The van der Waals surface area contributed by atoms with Gasteiger partial charge in [0.15, 0.2) is 0 Å². The summed E-state index contributed by atoms with van der Waals surface area (Å²) in [4.78, 5) is 15.8. The van der Waals surface area contributed by atoms with Crippen LogP contribution in [0.5, 0.6) is 11.5 Å². The third kappa shape index (κ3) is 20.4. The van der Waals surface area contributed by atoms with Crippen LogP contribution in [0.4, 0.5) is 0 Å². The highest BCUT2D eigenvalue weighted by Gasteiger charge is 2.47. The van der Waals surface area contributed by atoms with E-state index in [0.717, 1.165) is 66.7 Å². The smallest absolute Gasteiger partial charge is 0.296 e. The van der Waals surface area contributed by atoms with Crippen LogP contribution in [0.2, 0.25) is 0 Å². The molecule has 1 fully saturated rings. The molecule has 1 N–H and O–H groups in total. The first-order chi connectivity index (χ1) is 37.1. The van der Waals surface area contributed by atoms with Crippen LogP contribution < -0.4 is 14.8 Å². The van der Waals surface area contributed by atoms with Crippen molar-refractivity contribution in [1.82, 2.24) is 9.99 Å². The molecule has 12 heteroatoms. The molecule has 2 unspecified atom stereocenters. The molecular weight excluding hydrogens is 965 g/mol. The van der Waals surface area contributed by atoms with Gasteiger partial charge in [0, 0.05) is 48.3 Å². The number of ether oxygens (including phenoxy) is 4. The number of rotatable bonds is 24. The molecule has 2 radical (unpaired) electrons. The minimum absolute atomic E-state index is 0.0908. The topological polar surface area (TPSA) is 92.1 Å². The van der Waals surface area contributed by atoms with Gasteiger partial charge in [-0.3, -0.25) is 4.79 Å². The zero-order valence-electron chi connectivity index (χ0n) is 44.3. The molecule has 0 aliphatic carbocycles. The standard InChI is InChI=1S/C64H61BN3O7P/c1-9-10-11-12-13-14-15-16-17-18-19-20-21-22-23-24-25-28-34-39-61(69)67-48-35-29-26-27-33-38-59-62(75-76(73-50-49-66-6)68(52(2)3)53(4)5)60(74-63(59)65)51-72-64(54-36-31-30-32-37-54,55-40-44-57(70-7)45-41-55)56-42-46-58(71-8)47-43-56/h30-32,36-37,40-47,52-53,59-60,62-63H,26-27,29,33,35,38,48-51H2,1-5,7-8H3,(H,67,69)/t59-,60+,62?,63+,76?/m0/s1. The predicted molar refractivity (Wildman–Crippen MR) is 302 cm³/mol. The van der Waals surface area contributed by atoms with Gasteiger partial charge < -0.3 is 38.2 Å². The maximum Gasteiger partial charge on any atom is 0.296 e. The summed E-state index contributed by atoms with van der Waals surface area (Å²) < 4.78 is 41.0. The molecule has 1 amide bonds. The minimum Gasteiger partial charge on any atom is -0.497 e. The summed E-state index contributed by atoms with van der Waals surface area (Å²) in [6.07, 6.45) is 4.14. The van der Waals surface area contributed by atoms with E-state index < -0.39 is 38.2 Å². The number of hydrogen-bond acceptors (Lipinski definition) is 8. The highest BCUT2D eigenvalue weighted by Crippen LogP contribution is 2.51. The van der Waals surface area contributed by atoms with Gasteiger partial charge in [-0.05, 0) is 183 Å². The molecule has 3 aromatic rings. The Morgan fingerprint density at radius 1 is 0.697 bits per heavy atom. The van der Waals surface area contributed by atoms with E-state index in [9.17, 15) is 4.79 Å². The van der Waals surface area contributed by atoms with Crippen LogP contribution in [-0.4, -0.2) is 89.2 Å². The van der Waals surface area contributed by atoms with E-state index in [1.54, 1.807) is 21.1 Å². The molecule has 1 saturated heterocycles. The van der Waals surface area contributed by atoms with Crippen LogP contribution in [-0.2, 0) is 28.9 Å². The van der Waals surface area contributed by atoms with Gasteiger partial charge >= 0.3 is 0 Å². The number of amides is 1. The average molecular weight is 1030 g/mol. The lowest BCUT2D eigenvalue weighted by molar-refractivity contribution is -0.115. The van der Waals surface area contributed by atoms with Crippen molar-refractivity contribution in [3.63, 3.8) is 0 Å². The van der Waals surface area contributed by atoms with E-state index in [4.69, 9.17) is 42.4 Å². The van der Waals surface area contributed by atoms with E-state index in [-0.39, 0.29) is 37.8 Å². The fourth-order valence-corrected chi connectivity index (χ4v) is 9.85. The summed E-state index contributed by atoms with van der Waals surface area (Å²) in [5, 5.41) is 2.83. The number of unbranched alkanes of at least 4 members (excludes halogenated alkanes) is 4. The zero-order chi connectivity index (χ0) is 54.6. The Hall–Kier alpha value is -7.89. The van der Waals surface area contributed by atoms with Crippen molar-refractivity contribution in [2.24, 2.45) is 5.92 Å². The van der Waals surface area contributed by atoms with Gasteiger partial charge in [0.1, 0.15) is 37.7 Å². The Morgan fingerprint density at radius 3 is 1.66 bits per heavy atom. The molecule has 76 heavy (non-hydrogen) atoms. The summed E-state index contributed by atoms with van der Waals surface area (Å²) in [6.45, 7) is 18.7. The first-order valence-electron chi connectivity index (χ1n) is 24.9. The predicted octanol–water partition coefficient (Wildman–Crippen LogP) is 8.70. The van der Waals surface area contributed by atoms with Gasteiger partial charge in [0.05, 0.1) is 26.9 Å². The monoisotopic (exact) mass is 1030 g/mol. The second-order valence-electron chi connectivity index (χ2n) is 17.1. The van der Waals surface area contributed by atoms with Crippen LogP contribution >= 0.6 is 8.53 Å². The van der Waals surface area contributed by atoms with E-state index >= 15 is 0 Å². The Morgan fingerprint density at radius 2 is 1.17 bits per heavy atom. The van der Waals surface area contributed by atoms with E-state index in [1.807, 2.05) is 66.7 Å². The van der Waals surface area contributed by atoms with Crippen molar-refractivity contribution >= 4 is 22.3 Å². The lowest BCUT2D eigenvalue weighted by atomic mass is 9.79. The van der Waals surface area contributed by atoms with Crippen molar-refractivity contribution in [3.8, 4) is 130 Å². The lowest BCUT2D eigenvalue weighted by Gasteiger charge is -2.39. The third-order valence-electron chi connectivity index (χ3n) is 11.4. The Balaban J connectivity index is 1.41. The van der Waals surface area contributed by atoms with Gasteiger partial charge in [-0.25, -0.2) is 11.2 Å². The molecule has 1 aliphatic rings. The maximum absolute atomic E-state index is 12.3. The molecule has 382 valence electrons. The maximum atomic E-state index is 12.3. The van der Waals surface area contributed by atoms with Crippen LogP contribution in [0.25, 0.3) is 4.85 Å². The van der Waals surface area contributed by atoms with Crippen molar-refractivity contribution in [3.05, 3.63) is 107 Å². The van der Waals surface area contributed by atoms with E-state index in [1.165, 1.54) is 0 Å². The van der Waals surface area contributed by atoms with Gasteiger partial charge in [-0.2, -0.15) is 0 Å². The molecule has 4 rings (SSSR count). The first-order valence-corrected chi connectivity index (χ1v) is 26.0. The number of benzene rings is 3. The minimum atomic E-state index is -1.64. The fraction of sp³-hybridized carbons (Fsp3) is 0.375. The lowest BCUT2D eigenvalue weighted by Crippen LogP contribution is -2.41. The summed E-state index contributed by atoms with van der Waals surface area (Å²) in [5.41, 5.74) is 1.61. The molecule has 0 aromatic heterocycles. The Bertz CT molecular complexity index is 3020. The van der Waals surface area contributed by atoms with Crippen molar-refractivity contribution < 1.29 is 32.8 Å². The summed E-state index contributed by atoms with van der Waals surface area (Å²) in [7, 11) is 8.61. The molecule has 1 aliphatic heterocycles. The second-order valence-corrected chi connectivity index (χ2v) is 18.6. The second kappa shape index (κ2) is 35.3. The number of nitrogens with zero attached hydrogens (tertiary/aromatic N) is 2. The zero-order valence-corrected chi connectivity index (χ0v) is 45.2. The normalized spacial score (nSPS) is 15.0. The van der Waals surface area contributed by atoms with Crippen LogP contribution in [0, 0.1) is 131 Å². The van der Waals surface area contributed by atoms with E-state index in [0.29, 0.717) is 6.54 Å². The average Bonchev–Trinajstić information content (AvgIpc) is 3.75. The van der Waals surface area contributed by atoms with Crippen LogP contribution in [0.15, 0.2) is 78.9 Å². The van der Waals surface area contributed by atoms with Crippen molar-refractivity contribution in [2.75, 3.05) is 40.5 Å². The number of carbonyl (C=O) groups excluding carboxylic acids is 1. The van der Waals surface area contributed by atoms with Crippen LogP contribution in [0.3, 0.4) is 0 Å². The Labute approximate surface area is 455 Å². The quantitative estimate of drug-likeness (QED) is 0.0238. The number of hydrogen-bond donors (Lipinski definition) is 1. The molecular formula is C64H61BN3O7P. The number of nitrogens with one attached hydrogen (secondary N) is 1. The first kappa shape index (κ1) is 60.7. The summed E-state index contributed by atoms with van der Waals surface area (Å²) >= 11 is 0. The summed E-state index contributed by atoms with van der Waals surface area (Å²) in [6, 6.07) is 25.5. The van der Waals surface area contributed by atoms with Gasteiger partial charge in [0.2, 0.25) is 6.54 Å². The Kier molecular flexibility index (Phi) is 28.2.